The summed E-state index contributed by atoms with van der Waals surface area (Å²) in [7, 11) is -3.67. The van der Waals surface area contributed by atoms with E-state index in [-0.39, 0.29) is 6.79 Å². The summed E-state index contributed by atoms with van der Waals surface area (Å²) in [5.41, 5.74) is 2.80. The van der Waals surface area contributed by atoms with Crippen LogP contribution in [0.4, 0.5) is 11.4 Å². The van der Waals surface area contributed by atoms with E-state index in [9.17, 15) is 13.2 Å². The molecule has 0 saturated carbocycles. The number of anilines is 2. The lowest BCUT2D eigenvalue weighted by Crippen LogP contribution is -2.45. The van der Waals surface area contributed by atoms with Crippen molar-refractivity contribution < 1.29 is 22.7 Å². The highest BCUT2D eigenvalue weighted by Crippen LogP contribution is 2.34. The van der Waals surface area contributed by atoms with Crippen molar-refractivity contribution in [3.63, 3.8) is 0 Å². The summed E-state index contributed by atoms with van der Waals surface area (Å²) in [5, 5.41) is 2.74. The van der Waals surface area contributed by atoms with Crippen LogP contribution in [0.2, 0.25) is 0 Å². The first-order valence-corrected chi connectivity index (χ1v) is 10.3. The maximum absolute atomic E-state index is 12.8. The fraction of sp³-hybridized carbons (Fsp3) is 0.316. The minimum Gasteiger partial charge on any atom is -0.454 e. The van der Waals surface area contributed by atoms with Crippen LogP contribution in [-0.2, 0) is 14.8 Å². The van der Waals surface area contributed by atoms with Gasteiger partial charge in [-0.3, -0.25) is 9.10 Å². The van der Waals surface area contributed by atoms with Gasteiger partial charge in [0.15, 0.2) is 11.5 Å². The summed E-state index contributed by atoms with van der Waals surface area (Å²) in [6.45, 7) is 5.46. The van der Waals surface area contributed by atoms with Gasteiger partial charge in [-0.15, -0.1) is 0 Å². The first-order valence-electron chi connectivity index (χ1n) is 8.43. The van der Waals surface area contributed by atoms with Gasteiger partial charge in [0.1, 0.15) is 6.04 Å². The van der Waals surface area contributed by atoms with Crippen molar-refractivity contribution in [1.82, 2.24) is 0 Å². The van der Waals surface area contributed by atoms with Gasteiger partial charge in [-0.2, -0.15) is 0 Å². The number of amides is 1. The zero-order valence-corrected chi connectivity index (χ0v) is 16.5. The van der Waals surface area contributed by atoms with Gasteiger partial charge in [0.05, 0.1) is 11.9 Å². The van der Waals surface area contributed by atoms with Crippen LogP contribution in [0.5, 0.6) is 11.5 Å². The Morgan fingerprint density at radius 3 is 2.33 bits per heavy atom. The summed E-state index contributed by atoms with van der Waals surface area (Å²) in [5.74, 6) is 0.697. The number of rotatable bonds is 5. The number of benzene rings is 2. The predicted octanol–water partition coefficient (Wildman–Crippen LogP) is 2.83. The summed E-state index contributed by atoms with van der Waals surface area (Å²) in [6.07, 6.45) is 1.09. The molecule has 144 valence electrons. The molecule has 3 rings (SSSR count). The van der Waals surface area contributed by atoms with Crippen molar-refractivity contribution in [2.24, 2.45) is 0 Å². The molecule has 0 aromatic heterocycles. The molecule has 27 heavy (non-hydrogen) atoms. The van der Waals surface area contributed by atoms with Gasteiger partial charge >= 0.3 is 0 Å². The Bertz CT molecular complexity index is 967. The van der Waals surface area contributed by atoms with E-state index in [0.29, 0.717) is 22.9 Å². The number of carbonyl (C=O) groups is 1. The van der Waals surface area contributed by atoms with Crippen LogP contribution in [0, 0.1) is 13.8 Å². The largest absolute Gasteiger partial charge is 0.454 e. The molecular formula is C19H22N2O5S. The van der Waals surface area contributed by atoms with Crippen LogP contribution in [0.15, 0.2) is 36.4 Å². The van der Waals surface area contributed by atoms with Crippen molar-refractivity contribution >= 4 is 27.3 Å². The monoisotopic (exact) mass is 390 g/mol. The first kappa shape index (κ1) is 19.0. The Morgan fingerprint density at radius 2 is 1.70 bits per heavy atom. The van der Waals surface area contributed by atoms with Crippen molar-refractivity contribution in [2.45, 2.75) is 26.8 Å². The number of hydrogen-bond donors (Lipinski definition) is 1. The molecule has 1 atom stereocenters. The molecule has 1 amide bonds. The second kappa shape index (κ2) is 7.11. The number of ether oxygens (including phenoxy) is 2. The molecule has 0 unspecified atom stereocenters. The highest BCUT2D eigenvalue weighted by molar-refractivity contribution is 7.92. The van der Waals surface area contributed by atoms with Gasteiger partial charge in [0.25, 0.3) is 0 Å². The molecule has 0 spiro atoms. The summed E-state index contributed by atoms with van der Waals surface area (Å²) >= 11 is 0. The van der Waals surface area contributed by atoms with Gasteiger partial charge in [0.2, 0.25) is 22.7 Å². The van der Waals surface area contributed by atoms with E-state index in [4.69, 9.17) is 9.47 Å². The number of nitrogens with one attached hydrogen (secondary N) is 1. The van der Waals surface area contributed by atoms with E-state index < -0.39 is 22.0 Å². The van der Waals surface area contributed by atoms with E-state index >= 15 is 0 Å². The lowest BCUT2D eigenvalue weighted by Gasteiger charge is -2.28. The van der Waals surface area contributed by atoms with Crippen LogP contribution in [0.25, 0.3) is 0 Å². The third-order valence-electron chi connectivity index (χ3n) is 4.19. The molecule has 7 nitrogen and oxygen atoms in total. The predicted molar refractivity (Wildman–Crippen MR) is 104 cm³/mol. The Hall–Kier alpha value is -2.74. The summed E-state index contributed by atoms with van der Waals surface area (Å²) in [4.78, 5) is 12.8. The Balaban J connectivity index is 1.87. The number of aryl methyl sites for hydroxylation is 2. The molecule has 1 aliphatic rings. The normalized spacial score (nSPS) is 13.9. The molecule has 0 radical (unpaired) electrons. The third kappa shape index (κ3) is 4.16. The maximum Gasteiger partial charge on any atom is 0.247 e. The Labute approximate surface area is 158 Å². The molecule has 0 saturated heterocycles. The SMILES string of the molecule is Cc1cc(C)cc(N([C@@H](C)C(=O)Nc2ccc3c(c2)OCO3)S(C)(=O)=O)c1. The van der Waals surface area contributed by atoms with Crippen LogP contribution in [-0.4, -0.2) is 33.4 Å². The Kier molecular flexibility index (Phi) is 5.01. The van der Waals surface area contributed by atoms with Crippen molar-refractivity contribution in [3.05, 3.63) is 47.5 Å². The zero-order chi connectivity index (χ0) is 19.8. The molecule has 2 aromatic carbocycles. The van der Waals surface area contributed by atoms with Crippen LogP contribution in [0.3, 0.4) is 0 Å². The van der Waals surface area contributed by atoms with Gasteiger partial charge in [-0.25, -0.2) is 8.42 Å². The Morgan fingerprint density at radius 1 is 1.07 bits per heavy atom. The molecule has 2 aromatic rings. The standard InChI is InChI=1S/C19H22N2O5S/c1-12-7-13(2)9-16(8-12)21(27(4,23)24)14(3)19(22)20-15-5-6-17-18(10-15)26-11-25-17/h5-10,14H,11H2,1-4H3,(H,20,22)/t14-/m0/s1. The first-order chi connectivity index (χ1) is 12.6. The fourth-order valence-corrected chi connectivity index (χ4v) is 4.27. The minimum atomic E-state index is -3.67. The molecule has 8 heteroatoms. The minimum absolute atomic E-state index is 0.137. The van der Waals surface area contributed by atoms with Gasteiger partial charge in [-0.1, -0.05) is 6.07 Å². The van der Waals surface area contributed by atoms with Gasteiger partial charge < -0.3 is 14.8 Å². The van der Waals surface area contributed by atoms with Crippen LogP contribution >= 0.6 is 0 Å². The molecule has 0 fully saturated rings. The fourth-order valence-electron chi connectivity index (χ4n) is 3.11. The van der Waals surface area contributed by atoms with E-state index in [2.05, 4.69) is 5.32 Å². The average Bonchev–Trinajstić information content (AvgIpc) is 3.00. The topological polar surface area (TPSA) is 84.9 Å². The molecule has 0 aliphatic carbocycles. The maximum atomic E-state index is 12.8. The van der Waals surface area contributed by atoms with Gasteiger partial charge in [0, 0.05) is 11.8 Å². The zero-order valence-electron chi connectivity index (χ0n) is 15.6. The van der Waals surface area contributed by atoms with E-state index in [1.165, 1.54) is 0 Å². The van der Waals surface area contributed by atoms with Crippen LogP contribution < -0.4 is 19.1 Å². The number of hydrogen-bond acceptors (Lipinski definition) is 5. The highest BCUT2D eigenvalue weighted by Gasteiger charge is 2.29. The number of sulfonamides is 1. The van der Waals surface area contributed by atoms with E-state index in [0.717, 1.165) is 21.7 Å². The highest BCUT2D eigenvalue weighted by atomic mass is 32.2. The van der Waals surface area contributed by atoms with Crippen LogP contribution in [0.1, 0.15) is 18.1 Å². The van der Waals surface area contributed by atoms with Crippen molar-refractivity contribution in [2.75, 3.05) is 22.7 Å². The van der Waals surface area contributed by atoms with Crippen molar-refractivity contribution in [3.8, 4) is 11.5 Å². The van der Waals surface area contributed by atoms with E-state index in [1.54, 1.807) is 37.3 Å². The summed E-state index contributed by atoms with van der Waals surface area (Å²) in [6, 6.07) is 9.53. The van der Waals surface area contributed by atoms with Gasteiger partial charge in [-0.05, 0) is 56.2 Å². The third-order valence-corrected chi connectivity index (χ3v) is 5.43. The second-order valence-electron chi connectivity index (χ2n) is 6.64. The summed E-state index contributed by atoms with van der Waals surface area (Å²) < 4.78 is 36.5. The molecule has 1 heterocycles. The lowest BCUT2D eigenvalue weighted by molar-refractivity contribution is -0.116. The quantitative estimate of drug-likeness (QED) is 0.849. The average molecular weight is 390 g/mol. The molecule has 1 aliphatic heterocycles. The number of fused-ring (bicyclic) bond motifs is 1. The smallest absolute Gasteiger partial charge is 0.247 e. The molecular weight excluding hydrogens is 368 g/mol. The van der Waals surface area contributed by atoms with E-state index in [1.807, 2.05) is 19.9 Å². The molecule has 0 bridgehead atoms. The number of carbonyl (C=O) groups excluding carboxylic acids is 1. The second-order valence-corrected chi connectivity index (χ2v) is 8.50. The lowest BCUT2D eigenvalue weighted by atomic mass is 10.1. The number of nitrogens with zero attached hydrogens (tertiary/aromatic N) is 1. The molecule has 1 N–H and O–H groups in total. The van der Waals surface area contributed by atoms with Crippen molar-refractivity contribution in [1.29, 1.82) is 0 Å².